The van der Waals surface area contributed by atoms with E-state index in [-0.39, 0.29) is 12.5 Å². The minimum atomic E-state index is -1.31. The molecule has 0 bridgehead atoms. The number of aromatic nitrogens is 2. The van der Waals surface area contributed by atoms with Crippen LogP contribution in [0.4, 0.5) is 0 Å². The van der Waals surface area contributed by atoms with Crippen molar-refractivity contribution in [3.05, 3.63) is 53.3 Å². The first-order chi connectivity index (χ1) is 13.0. The molecular weight excluding hydrogens is 340 g/mol. The molecule has 27 heavy (non-hydrogen) atoms. The number of H-pyrrole nitrogens is 1. The second-order valence-electron chi connectivity index (χ2n) is 7.79. The minimum Gasteiger partial charge on any atom is -0.379 e. The van der Waals surface area contributed by atoms with Gasteiger partial charge in [0.05, 0.1) is 6.20 Å². The number of carbonyl (C=O) groups is 1. The lowest BCUT2D eigenvalue weighted by atomic mass is 9.91. The molecule has 0 aliphatic carbocycles. The summed E-state index contributed by atoms with van der Waals surface area (Å²) < 4.78 is 0. The van der Waals surface area contributed by atoms with Crippen LogP contribution in [-0.2, 0) is 17.8 Å². The number of nitrogens with one attached hydrogen (secondary N) is 2. The summed E-state index contributed by atoms with van der Waals surface area (Å²) in [5.74, 6) is 0.325. The van der Waals surface area contributed by atoms with Gasteiger partial charge in [-0.2, -0.15) is 5.10 Å². The molecule has 3 N–H and O–H groups in total. The Labute approximate surface area is 161 Å². The summed E-state index contributed by atoms with van der Waals surface area (Å²) in [4.78, 5) is 14.7. The van der Waals surface area contributed by atoms with Crippen LogP contribution in [0.15, 0.2) is 36.7 Å². The van der Waals surface area contributed by atoms with Gasteiger partial charge in [-0.3, -0.25) is 9.89 Å². The number of hydrogen-bond acceptors (Lipinski definition) is 4. The van der Waals surface area contributed by atoms with Gasteiger partial charge in [0.15, 0.2) is 5.60 Å². The molecule has 0 radical (unpaired) electrons. The van der Waals surface area contributed by atoms with Crippen molar-refractivity contribution in [2.45, 2.75) is 51.2 Å². The molecule has 3 rings (SSSR count). The van der Waals surface area contributed by atoms with Gasteiger partial charge in [0.2, 0.25) is 0 Å². The van der Waals surface area contributed by atoms with Crippen molar-refractivity contribution in [1.82, 2.24) is 20.4 Å². The number of carbonyl (C=O) groups excluding carboxylic acids is 1. The molecule has 6 heteroatoms. The maximum absolute atomic E-state index is 12.9. The van der Waals surface area contributed by atoms with E-state index in [1.165, 1.54) is 5.56 Å². The van der Waals surface area contributed by atoms with E-state index in [9.17, 15) is 9.90 Å². The summed E-state index contributed by atoms with van der Waals surface area (Å²) >= 11 is 0. The lowest BCUT2D eigenvalue weighted by Gasteiger charge is -2.38. The quantitative estimate of drug-likeness (QED) is 0.623. The Hall–Kier alpha value is -2.18. The molecule has 1 saturated heterocycles. The van der Waals surface area contributed by atoms with Crippen molar-refractivity contribution in [1.29, 1.82) is 0 Å². The number of likely N-dealkylation sites (tertiary alicyclic amines) is 1. The van der Waals surface area contributed by atoms with E-state index in [4.69, 9.17) is 0 Å². The molecule has 0 unspecified atom stereocenters. The largest absolute Gasteiger partial charge is 0.379 e. The fourth-order valence-electron chi connectivity index (χ4n) is 3.55. The van der Waals surface area contributed by atoms with Crippen LogP contribution in [0.25, 0.3) is 0 Å². The molecule has 1 aromatic heterocycles. The van der Waals surface area contributed by atoms with E-state index in [0.717, 1.165) is 24.0 Å². The van der Waals surface area contributed by atoms with Crippen molar-refractivity contribution in [3.63, 3.8) is 0 Å². The highest BCUT2D eigenvalue weighted by atomic mass is 16.3. The lowest BCUT2D eigenvalue weighted by Crippen LogP contribution is -2.57. The number of aromatic amines is 1. The summed E-state index contributed by atoms with van der Waals surface area (Å²) in [6.45, 7) is 6.57. The number of piperidine rings is 1. The monoisotopic (exact) mass is 370 g/mol. The first-order valence-electron chi connectivity index (χ1n) is 9.77. The molecule has 1 amide bonds. The molecule has 6 nitrogen and oxygen atoms in total. The van der Waals surface area contributed by atoms with Gasteiger partial charge in [-0.25, -0.2) is 0 Å². The SMILES string of the molecule is CC(C)c1ccc(CN2CCC[C@](O)(CNCCc3cn[nH]c3)C2=O)cc1. The summed E-state index contributed by atoms with van der Waals surface area (Å²) in [6.07, 6.45) is 5.78. The number of hydrogen-bond donors (Lipinski definition) is 3. The molecule has 0 saturated carbocycles. The molecule has 146 valence electrons. The molecule has 2 heterocycles. The number of nitrogens with zero attached hydrogens (tertiary/aromatic N) is 2. The van der Waals surface area contributed by atoms with E-state index in [1.807, 2.05) is 6.20 Å². The summed E-state index contributed by atoms with van der Waals surface area (Å²) in [5.41, 5.74) is 2.19. The Morgan fingerprint density at radius 3 is 2.74 bits per heavy atom. The Bertz CT molecular complexity index is 727. The summed E-state index contributed by atoms with van der Waals surface area (Å²) in [7, 11) is 0. The zero-order valence-electron chi connectivity index (χ0n) is 16.2. The van der Waals surface area contributed by atoms with Gasteiger partial charge in [0, 0.05) is 25.8 Å². The van der Waals surface area contributed by atoms with Crippen LogP contribution >= 0.6 is 0 Å². The second kappa shape index (κ2) is 8.67. The van der Waals surface area contributed by atoms with Gasteiger partial charge in [0.1, 0.15) is 0 Å². The smallest absolute Gasteiger partial charge is 0.256 e. The summed E-state index contributed by atoms with van der Waals surface area (Å²) in [5, 5.41) is 20.8. The lowest BCUT2D eigenvalue weighted by molar-refractivity contribution is -0.157. The molecular formula is C21H30N4O2. The number of rotatable bonds is 8. The van der Waals surface area contributed by atoms with Crippen molar-refractivity contribution < 1.29 is 9.90 Å². The standard InChI is InChI=1S/C21H30N4O2/c1-16(2)19-6-4-17(5-7-19)14-25-11-3-9-21(27,20(25)26)15-22-10-8-18-12-23-24-13-18/h4-7,12-13,16,22,27H,3,8-11,14-15H2,1-2H3,(H,23,24)/t21-/m0/s1. The van der Waals surface area contributed by atoms with E-state index in [1.54, 1.807) is 11.1 Å². The van der Waals surface area contributed by atoms with Crippen molar-refractivity contribution in [2.75, 3.05) is 19.6 Å². The fourth-order valence-corrected chi connectivity index (χ4v) is 3.55. The predicted molar refractivity (Wildman–Crippen MR) is 105 cm³/mol. The molecule has 2 aromatic rings. The minimum absolute atomic E-state index is 0.169. The maximum atomic E-state index is 12.9. The number of benzene rings is 1. The van der Waals surface area contributed by atoms with Crippen LogP contribution in [0.5, 0.6) is 0 Å². The third-order valence-corrected chi connectivity index (χ3v) is 5.29. The van der Waals surface area contributed by atoms with Gasteiger partial charge >= 0.3 is 0 Å². The highest BCUT2D eigenvalue weighted by molar-refractivity contribution is 5.86. The van der Waals surface area contributed by atoms with Gasteiger partial charge in [0.25, 0.3) is 5.91 Å². The highest BCUT2D eigenvalue weighted by Gasteiger charge is 2.41. The van der Waals surface area contributed by atoms with E-state index in [0.29, 0.717) is 32.0 Å². The van der Waals surface area contributed by atoms with Crippen LogP contribution in [-0.4, -0.2) is 51.3 Å². The van der Waals surface area contributed by atoms with Gasteiger partial charge in [-0.05, 0) is 48.4 Å². The van der Waals surface area contributed by atoms with Crippen LogP contribution in [0.2, 0.25) is 0 Å². The maximum Gasteiger partial charge on any atom is 0.256 e. The Balaban J connectivity index is 1.53. The van der Waals surface area contributed by atoms with Gasteiger partial charge in [-0.1, -0.05) is 38.1 Å². The second-order valence-corrected chi connectivity index (χ2v) is 7.79. The Morgan fingerprint density at radius 1 is 1.30 bits per heavy atom. The average molecular weight is 370 g/mol. The topological polar surface area (TPSA) is 81.2 Å². The molecule has 1 fully saturated rings. The normalized spacial score (nSPS) is 20.4. The zero-order chi connectivity index (χ0) is 19.3. The van der Waals surface area contributed by atoms with Gasteiger partial charge in [-0.15, -0.1) is 0 Å². The third kappa shape index (κ3) is 4.96. The zero-order valence-corrected chi connectivity index (χ0v) is 16.2. The molecule has 0 spiro atoms. The predicted octanol–water partition coefficient (Wildman–Crippen LogP) is 2.22. The van der Waals surface area contributed by atoms with E-state index in [2.05, 4.69) is 53.6 Å². The molecule has 1 atom stereocenters. The molecule has 1 aliphatic rings. The van der Waals surface area contributed by atoms with Crippen molar-refractivity contribution in [3.8, 4) is 0 Å². The van der Waals surface area contributed by atoms with Crippen LogP contribution in [0, 0.1) is 0 Å². The van der Waals surface area contributed by atoms with Crippen molar-refractivity contribution >= 4 is 5.91 Å². The average Bonchev–Trinajstić information content (AvgIpc) is 3.17. The third-order valence-electron chi connectivity index (χ3n) is 5.29. The number of amides is 1. The first-order valence-corrected chi connectivity index (χ1v) is 9.77. The van der Waals surface area contributed by atoms with Crippen LogP contribution in [0.1, 0.15) is 49.3 Å². The first kappa shape index (κ1) is 19.6. The molecule has 1 aliphatic heterocycles. The molecule has 1 aromatic carbocycles. The number of aliphatic hydroxyl groups is 1. The Kier molecular flexibility index (Phi) is 6.29. The fraction of sp³-hybridized carbons (Fsp3) is 0.524. The van der Waals surface area contributed by atoms with Crippen LogP contribution < -0.4 is 5.32 Å². The highest BCUT2D eigenvalue weighted by Crippen LogP contribution is 2.24. The van der Waals surface area contributed by atoms with E-state index < -0.39 is 5.60 Å². The van der Waals surface area contributed by atoms with Crippen molar-refractivity contribution in [2.24, 2.45) is 0 Å². The Morgan fingerprint density at radius 2 is 2.07 bits per heavy atom. The van der Waals surface area contributed by atoms with E-state index >= 15 is 0 Å². The van der Waals surface area contributed by atoms with Crippen LogP contribution in [0.3, 0.4) is 0 Å². The van der Waals surface area contributed by atoms with Gasteiger partial charge < -0.3 is 15.3 Å². The summed E-state index contributed by atoms with van der Waals surface area (Å²) in [6, 6.07) is 8.41.